The van der Waals surface area contributed by atoms with Gasteiger partial charge in [-0.15, -0.1) is 17.0 Å². The fourth-order valence-corrected chi connectivity index (χ4v) is 4.29. The van der Waals surface area contributed by atoms with Crippen molar-refractivity contribution in [3.8, 4) is 0 Å². The molecule has 0 aromatic carbocycles. The van der Waals surface area contributed by atoms with E-state index in [1.165, 1.54) is 128 Å². The average Bonchev–Trinajstić information content (AvgIpc) is 2.62. The lowest BCUT2D eigenvalue weighted by Crippen LogP contribution is -2.40. The molecule has 0 fully saturated rings. The van der Waals surface area contributed by atoms with E-state index in [1.54, 1.807) is 0 Å². The number of halogens is 1. The summed E-state index contributed by atoms with van der Waals surface area (Å²) in [4.78, 5) is 0. The van der Waals surface area contributed by atoms with Crippen LogP contribution in [-0.4, -0.2) is 5.54 Å². The Balaban J connectivity index is 0. The van der Waals surface area contributed by atoms with Gasteiger partial charge in [-0.2, -0.15) is 0 Å². The molecular weight excluding hydrogens is 406 g/mol. The zero-order chi connectivity index (χ0) is 20.2. The smallest absolute Gasteiger partial charge is 0.0125 e. The lowest BCUT2D eigenvalue weighted by molar-refractivity contribution is 0.267. The van der Waals surface area contributed by atoms with Crippen LogP contribution in [0.3, 0.4) is 0 Å². The zero-order valence-electron chi connectivity index (χ0n) is 20.2. The molecule has 1 nitrogen and oxygen atoms in total. The number of unbranched alkanes of at least 4 members (excludes halogenated alkanes) is 16. The van der Waals surface area contributed by atoms with Gasteiger partial charge < -0.3 is 5.73 Å². The van der Waals surface area contributed by atoms with Crippen molar-refractivity contribution in [1.82, 2.24) is 0 Å². The second-order valence-corrected chi connectivity index (χ2v) is 9.75. The summed E-state index contributed by atoms with van der Waals surface area (Å²) in [6.07, 6.45) is 28.4. The van der Waals surface area contributed by atoms with Gasteiger partial charge in [0.15, 0.2) is 0 Å². The molecule has 2 heteroatoms. The first-order valence-electron chi connectivity index (χ1n) is 12.8. The molecule has 0 aliphatic carbocycles. The van der Waals surface area contributed by atoms with Crippen molar-refractivity contribution in [3.05, 3.63) is 0 Å². The molecule has 0 rings (SSSR count). The first-order valence-corrected chi connectivity index (χ1v) is 12.8. The van der Waals surface area contributed by atoms with Gasteiger partial charge in [0, 0.05) is 5.54 Å². The van der Waals surface area contributed by atoms with Gasteiger partial charge in [-0.1, -0.05) is 129 Å². The Kier molecular flexibility index (Phi) is 24.2. The molecule has 0 saturated heterocycles. The summed E-state index contributed by atoms with van der Waals surface area (Å²) in [5, 5.41) is 0. The largest absolute Gasteiger partial charge is 0.325 e. The van der Waals surface area contributed by atoms with Gasteiger partial charge in [0.25, 0.3) is 0 Å². The van der Waals surface area contributed by atoms with E-state index in [9.17, 15) is 0 Å². The van der Waals surface area contributed by atoms with Gasteiger partial charge in [-0.3, -0.25) is 0 Å². The summed E-state index contributed by atoms with van der Waals surface area (Å²) in [5.41, 5.74) is 6.45. The van der Waals surface area contributed by atoms with Crippen LogP contribution in [0.1, 0.15) is 156 Å². The lowest BCUT2D eigenvalue weighted by Gasteiger charge is -2.31. The van der Waals surface area contributed by atoms with Crippen molar-refractivity contribution < 1.29 is 0 Å². The summed E-state index contributed by atoms with van der Waals surface area (Å²) >= 11 is 0. The van der Waals surface area contributed by atoms with E-state index in [0.717, 1.165) is 0 Å². The van der Waals surface area contributed by atoms with Crippen molar-refractivity contribution >= 4 is 17.0 Å². The van der Waals surface area contributed by atoms with Gasteiger partial charge in [0.05, 0.1) is 0 Å². The topological polar surface area (TPSA) is 26.0 Å². The van der Waals surface area contributed by atoms with Gasteiger partial charge in [-0.25, -0.2) is 0 Å². The second-order valence-electron chi connectivity index (χ2n) is 9.75. The van der Waals surface area contributed by atoms with E-state index in [2.05, 4.69) is 27.7 Å². The van der Waals surface area contributed by atoms with Crippen molar-refractivity contribution in [2.24, 2.45) is 11.7 Å². The molecule has 0 heterocycles. The molecule has 1 atom stereocenters. The number of hydrogen-bond acceptors (Lipinski definition) is 1. The molecule has 0 aromatic heterocycles. The molecule has 2 N–H and O–H groups in total. The molecule has 0 bridgehead atoms. The number of nitrogens with two attached hydrogens (primary N) is 1. The minimum atomic E-state index is 0. The van der Waals surface area contributed by atoms with Crippen LogP contribution in [0.4, 0.5) is 0 Å². The van der Waals surface area contributed by atoms with Crippen LogP contribution in [-0.2, 0) is 0 Å². The first-order chi connectivity index (χ1) is 13.0. The molecule has 0 aromatic rings. The van der Waals surface area contributed by atoms with E-state index < -0.39 is 0 Å². The highest BCUT2D eigenvalue weighted by atomic mass is 79.9. The highest BCUT2D eigenvalue weighted by Crippen LogP contribution is 2.27. The SMILES string of the molecule is Br.CCCCCCCCCCCCCCCCC(CCCCCC)C(C)(C)N. The second kappa shape index (κ2) is 22.1. The fraction of sp³-hybridized carbons (Fsp3) is 1.00. The van der Waals surface area contributed by atoms with Gasteiger partial charge in [0.2, 0.25) is 0 Å². The van der Waals surface area contributed by atoms with Crippen LogP contribution in [0.2, 0.25) is 0 Å². The highest BCUT2D eigenvalue weighted by molar-refractivity contribution is 8.93. The zero-order valence-corrected chi connectivity index (χ0v) is 21.9. The van der Waals surface area contributed by atoms with E-state index in [1.807, 2.05) is 0 Å². The molecule has 172 valence electrons. The summed E-state index contributed by atoms with van der Waals surface area (Å²) in [6.45, 7) is 9.06. The van der Waals surface area contributed by atoms with Crippen LogP contribution in [0.25, 0.3) is 0 Å². The summed E-state index contributed by atoms with van der Waals surface area (Å²) < 4.78 is 0. The third kappa shape index (κ3) is 21.2. The summed E-state index contributed by atoms with van der Waals surface area (Å²) in [6, 6.07) is 0. The summed E-state index contributed by atoms with van der Waals surface area (Å²) in [5.74, 6) is 0.715. The number of rotatable bonds is 21. The van der Waals surface area contributed by atoms with Crippen LogP contribution in [0, 0.1) is 5.92 Å². The quantitative estimate of drug-likeness (QED) is 0.169. The van der Waals surface area contributed by atoms with Crippen LogP contribution in [0.5, 0.6) is 0 Å². The predicted molar refractivity (Wildman–Crippen MR) is 136 cm³/mol. The van der Waals surface area contributed by atoms with E-state index >= 15 is 0 Å². The van der Waals surface area contributed by atoms with Gasteiger partial charge >= 0.3 is 0 Å². The average molecular weight is 463 g/mol. The van der Waals surface area contributed by atoms with Gasteiger partial charge in [-0.05, 0) is 32.6 Å². The third-order valence-electron chi connectivity index (χ3n) is 6.36. The van der Waals surface area contributed by atoms with Crippen molar-refractivity contribution in [1.29, 1.82) is 0 Å². The number of hydrogen-bond donors (Lipinski definition) is 1. The Morgan fingerprint density at radius 2 is 0.750 bits per heavy atom. The van der Waals surface area contributed by atoms with Crippen LogP contribution in [0.15, 0.2) is 0 Å². The van der Waals surface area contributed by atoms with E-state index in [4.69, 9.17) is 5.73 Å². The van der Waals surface area contributed by atoms with Crippen LogP contribution < -0.4 is 5.73 Å². The minimum Gasteiger partial charge on any atom is -0.325 e. The van der Waals surface area contributed by atoms with Crippen LogP contribution >= 0.6 is 17.0 Å². The molecule has 0 amide bonds. The fourth-order valence-electron chi connectivity index (χ4n) is 4.29. The summed E-state index contributed by atoms with van der Waals surface area (Å²) in [7, 11) is 0. The van der Waals surface area contributed by atoms with Crippen molar-refractivity contribution in [2.75, 3.05) is 0 Å². The maximum atomic E-state index is 6.45. The standard InChI is InChI=1S/C26H55N.BrH/c1-5-7-9-11-12-13-14-15-16-17-18-19-20-22-24-25(26(3,4)27)23-21-10-8-6-2;/h25H,5-24,27H2,1-4H3;1H. The Hall–Kier alpha value is 0.440. The molecule has 0 saturated carbocycles. The molecule has 0 aliphatic rings. The monoisotopic (exact) mass is 461 g/mol. The first kappa shape index (κ1) is 30.6. The lowest BCUT2D eigenvalue weighted by atomic mass is 9.80. The maximum Gasteiger partial charge on any atom is 0.0125 e. The maximum absolute atomic E-state index is 6.45. The molecule has 1 unspecified atom stereocenters. The van der Waals surface area contributed by atoms with Crippen molar-refractivity contribution in [2.45, 2.75) is 162 Å². The Morgan fingerprint density at radius 1 is 0.500 bits per heavy atom. The normalized spacial score (nSPS) is 12.8. The molecule has 0 aliphatic heterocycles. The Labute approximate surface area is 190 Å². The predicted octanol–water partition coefficient (Wildman–Crippen LogP) is 9.76. The minimum absolute atomic E-state index is 0. The third-order valence-corrected chi connectivity index (χ3v) is 6.36. The van der Waals surface area contributed by atoms with E-state index in [-0.39, 0.29) is 22.5 Å². The highest BCUT2D eigenvalue weighted by Gasteiger charge is 2.23. The van der Waals surface area contributed by atoms with Gasteiger partial charge in [0.1, 0.15) is 0 Å². The van der Waals surface area contributed by atoms with E-state index in [0.29, 0.717) is 5.92 Å². The molecule has 0 radical (unpaired) electrons. The molecule has 0 spiro atoms. The Bertz CT molecular complexity index is 285. The molecular formula is C26H56BrN. The molecule has 28 heavy (non-hydrogen) atoms. The van der Waals surface area contributed by atoms with Crippen molar-refractivity contribution in [3.63, 3.8) is 0 Å². The Morgan fingerprint density at radius 3 is 1.04 bits per heavy atom.